The van der Waals surface area contributed by atoms with Crippen LogP contribution in [-0.2, 0) is 38.0 Å². The van der Waals surface area contributed by atoms with E-state index in [-0.39, 0.29) is 37.4 Å². The Morgan fingerprint density at radius 2 is 1.68 bits per heavy atom. The second-order valence-corrected chi connectivity index (χ2v) is 17.0. The third-order valence-corrected chi connectivity index (χ3v) is 13.8. The number of cyclic esters (lactones) is 1. The van der Waals surface area contributed by atoms with E-state index in [0.717, 1.165) is 5.57 Å². The van der Waals surface area contributed by atoms with Gasteiger partial charge >= 0.3 is 5.97 Å². The second kappa shape index (κ2) is 10.4. The van der Waals surface area contributed by atoms with Crippen molar-refractivity contribution in [1.82, 2.24) is 0 Å². The molecule has 4 N–H and O–H groups in total. The Balaban J connectivity index is 1.12. The molecule has 47 heavy (non-hydrogen) atoms. The highest BCUT2D eigenvalue weighted by atomic mass is 16.8. The van der Waals surface area contributed by atoms with Crippen LogP contribution in [0.2, 0.25) is 0 Å². The van der Waals surface area contributed by atoms with Crippen LogP contribution in [0.1, 0.15) is 86.5 Å². The van der Waals surface area contributed by atoms with E-state index in [1.54, 1.807) is 26.8 Å². The molecule has 4 heterocycles. The van der Waals surface area contributed by atoms with Gasteiger partial charge in [-0.15, -0.1) is 0 Å². The van der Waals surface area contributed by atoms with E-state index in [1.807, 2.05) is 13.8 Å². The molecule has 0 bridgehead atoms. The molecule has 0 unspecified atom stereocenters. The van der Waals surface area contributed by atoms with Gasteiger partial charge in [-0.1, -0.05) is 6.92 Å². The first-order valence-electron chi connectivity index (χ1n) is 17.6. The maximum Gasteiger partial charge on any atom is 0.331 e. The molecule has 4 aliphatic heterocycles. The van der Waals surface area contributed by atoms with Gasteiger partial charge in [0.25, 0.3) is 0 Å². The van der Waals surface area contributed by atoms with Crippen LogP contribution >= 0.6 is 0 Å². The number of rotatable bonds is 3. The predicted octanol–water partition coefficient (Wildman–Crippen LogP) is 2.08. The van der Waals surface area contributed by atoms with E-state index in [4.69, 9.17) is 33.2 Å². The summed E-state index contributed by atoms with van der Waals surface area (Å²) in [7, 11) is 0. The maximum absolute atomic E-state index is 12.9. The van der Waals surface area contributed by atoms with E-state index < -0.39 is 88.5 Å². The van der Waals surface area contributed by atoms with Crippen molar-refractivity contribution in [2.45, 2.75) is 158 Å². The van der Waals surface area contributed by atoms with Gasteiger partial charge in [-0.05, 0) is 84.1 Å². The Morgan fingerprint density at radius 3 is 2.40 bits per heavy atom. The molecule has 8 rings (SSSR count). The molecule has 3 saturated heterocycles. The van der Waals surface area contributed by atoms with E-state index in [2.05, 4.69) is 6.92 Å². The zero-order valence-corrected chi connectivity index (χ0v) is 28.3. The lowest BCUT2D eigenvalue weighted by atomic mass is 9.40. The van der Waals surface area contributed by atoms with Crippen molar-refractivity contribution < 1.29 is 58.4 Å². The summed E-state index contributed by atoms with van der Waals surface area (Å²) in [5, 5.41) is 48.7. The Kier molecular flexibility index (Phi) is 7.32. The second-order valence-electron chi connectivity index (χ2n) is 17.0. The highest BCUT2D eigenvalue weighted by Gasteiger charge is 2.77. The average molecular weight is 665 g/mol. The van der Waals surface area contributed by atoms with Crippen molar-refractivity contribution in [2.75, 3.05) is 13.2 Å². The molecule has 4 aliphatic carbocycles. The van der Waals surface area contributed by atoms with Gasteiger partial charge in [0.05, 0.1) is 47.6 Å². The zero-order chi connectivity index (χ0) is 33.5. The van der Waals surface area contributed by atoms with Gasteiger partial charge in [-0.25, -0.2) is 4.79 Å². The fourth-order valence-corrected chi connectivity index (χ4v) is 11.8. The summed E-state index contributed by atoms with van der Waals surface area (Å²) in [6.45, 7) is 11.5. The molecule has 4 saturated carbocycles. The molecule has 264 valence electrons. The van der Waals surface area contributed by atoms with Crippen molar-refractivity contribution in [2.24, 2.45) is 28.6 Å². The SMILES string of the molecule is C[C@@H]1O[C@@H](O[C@H]2C[C@H]3OC(C)(C)OC[C@]34[C@H]3[C@H](O)C[C@]5(C)[C@@H](C6=CC(=O)OC6)CC[C@]5(O)[C@@H]3CC[C@]4(O)C2)[C@@H]2OC(C)(C)O[C@@H]2[C@H]1O. The van der Waals surface area contributed by atoms with Crippen LogP contribution < -0.4 is 0 Å². The average Bonchev–Trinajstić information content (AvgIpc) is 3.62. The minimum Gasteiger partial charge on any atom is -0.458 e. The van der Waals surface area contributed by atoms with Gasteiger partial charge in [0.15, 0.2) is 17.9 Å². The molecule has 15 atom stereocenters. The lowest BCUT2D eigenvalue weighted by Crippen LogP contribution is -2.78. The molecule has 0 aromatic rings. The summed E-state index contributed by atoms with van der Waals surface area (Å²) in [6, 6.07) is 0. The number of carbonyl (C=O) groups excluding carboxylic acids is 1. The molecule has 0 radical (unpaired) electrons. The van der Waals surface area contributed by atoms with Gasteiger partial charge in [-0.3, -0.25) is 0 Å². The summed E-state index contributed by atoms with van der Waals surface area (Å²) >= 11 is 0. The number of aliphatic hydroxyl groups is 4. The van der Waals surface area contributed by atoms with Crippen LogP contribution in [0.4, 0.5) is 0 Å². The fraction of sp³-hybridized carbons (Fsp3) is 0.914. The maximum atomic E-state index is 12.9. The van der Waals surface area contributed by atoms with Gasteiger partial charge in [0.1, 0.15) is 24.9 Å². The van der Waals surface area contributed by atoms with Crippen LogP contribution in [0.25, 0.3) is 0 Å². The highest BCUT2D eigenvalue weighted by Crippen LogP contribution is 2.72. The third kappa shape index (κ3) is 4.59. The Hall–Kier alpha value is -1.19. The van der Waals surface area contributed by atoms with Crippen LogP contribution in [0, 0.1) is 28.6 Å². The first-order valence-corrected chi connectivity index (χ1v) is 17.6. The molecule has 7 fully saturated rings. The van der Waals surface area contributed by atoms with Crippen molar-refractivity contribution in [3.05, 3.63) is 11.6 Å². The summed E-state index contributed by atoms with van der Waals surface area (Å²) in [6.07, 6.45) is -0.750. The molecular formula is C35H52O12. The standard InChI is InChI=1S/C35H52O12/c1-17-26(38)27-28(47-31(4,5)46-27)29(43-17)44-19-12-23-34(16-42-30(2,3)45-23)25-21(7-9-33(34,39)13-19)35(40)10-8-20(18-11-24(37)41-15-18)32(35,6)14-22(25)36/h11,17,19-23,25-29,36,38-40H,7-10,12-16H2,1-6H3/t17-,19-,20+,21+,22+,23+,25+,26-,27+,28+,29-,32+,33-,34+,35-/m0/s1. The lowest BCUT2D eigenvalue weighted by molar-refractivity contribution is -0.407. The Bertz CT molecular complexity index is 1330. The quantitative estimate of drug-likeness (QED) is 0.257. The largest absolute Gasteiger partial charge is 0.458 e. The number of aliphatic hydroxyl groups excluding tert-OH is 2. The van der Waals surface area contributed by atoms with Crippen LogP contribution in [0.5, 0.6) is 0 Å². The number of hydrogen-bond donors (Lipinski definition) is 4. The lowest BCUT2D eigenvalue weighted by Gasteiger charge is -2.71. The number of carbonyl (C=O) groups is 1. The monoisotopic (exact) mass is 664 g/mol. The zero-order valence-electron chi connectivity index (χ0n) is 28.3. The van der Waals surface area contributed by atoms with Gasteiger partial charge in [0, 0.05) is 30.3 Å². The Morgan fingerprint density at radius 1 is 0.936 bits per heavy atom. The third-order valence-electron chi connectivity index (χ3n) is 13.8. The van der Waals surface area contributed by atoms with E-state index >= 15 is 0 Å². The molecule has 8 aliphatic rings. The highest BCUT2D eigenvalue weighted by molar-refractivity contribution is 5.85. The van der Waals surface area contributed by atoms with E-state index in [1.165, 1.54) is 0 Å². The number of esters is 1. The fourth-order valence-electron chi connectivity index (χ4n) is 11.8. The summed E-state index contributed by atoms with van der Waals surface area (Å²) in [5.74, 6) is -3.10. The summed E-state index contributed by atoms with van der Waals surface area (Å²) in [5.41, 5.74) is -3.23. The molecule has 12 nitrogen and oxygen atoms in total. The number of ether oxygens (including phenoxy) is 7. The van der Waals surface area contributed by atoms with Gasteiger partial charge < -0.3 is 53.6 Å². The minimum atomic E-state index is -1.33. The summed E-state index contributed by atoms with van der Waals surface area (Å²) < 4.78 is 43.3. The molecular weight excluding hydrogens is 612 g/mol. The van der Waals surface area contributed by atoms with Crippen molar-refractivity contribution in [3.63, 3.8) is 0 Å². The number of fused-ring (bicyclic) bond motifs is 4. The van der Waals surface area contributed by atoms with Gasteiger partial charge in [0.2, 0.25) is 0 Å². The smallest absolute Gasteiger partial charge is 0.331 e. The molecule has 0 aromatic heterocycles. The molecule has 1 spiro atoms. The molecule has 12 heteroatoms. The van der Waals surface area contributed by atoms with Crippen LogP contribution in [0.15, 0.2) is 11.6 Å². The molecule has 0 aromatic carbocycles. The molecule has 0 amide bonds. The normalized spacial score (nSPS) is 56.0. The number of hydrogen-bond acceptors (Lipinski definition) is 12. The van der Waals surface area contributed by atoms with E-state index in [9.17, 15) is 25.2 Å². The van der Waals surface area contributed by atoms with Crippen molar-refractivity contribution in [1.29, 1.82) is 0 Å². The van der Waals surface area contributed by atoms with Gasteiger partial charge in [-0.2, -0.15) is 0 Å². The van der Waals surface area contributed by atoms with Crippen LogP contribution in [-0.4, -0.2) is 111 Å². The summed E-state index contributed by atoms with van der Waals surface area (Å²) in [4.78, 5) is 12.0. The van der Waals surface area contributed by atoms with Crippen molar-refractivity contribution in [3.8, 4) is 0 Å². The van der Waals surface area contributed by atoms with E-state index in [0.29, 0.717) is 38.5 Å². The predicted molar refractivity (Wildman–Crippen MR) is 162 cm³/mol. The first-order chi connectivity index (χ1) is 21.9. The van der Waals surface area contributed by atoms with Crippen LogP contribution in [0.3, 0.4) is 0 Å². The van der Waals surface area contributed by atoms with Crippen molar-refractivity contribution >= 4 is 5.97 Å². The first kappa shape index (κ1) is 33.0. The topological polar surface area (TPSA) is 163 Å². The minimum absolute atomic E-state index is 0.0856. The Labute approximate surface area is 276 Å².